The summed E-state index contributed by atoms with van der Waals surface area (Å²) < 4.78 is 0. The number of carbonyl (C=O) groups is 2. The molecule has 0 saturated heterocycles. The molecule has 4 saturated carbocycles. The van der Waals surface area contributed by atoms with E-state index in [9.17, 15) is 29.8 Å². The molecule has 4 aliphatic rings. The summed E-state index contributed by atoms with van der Waals surface area (Å²) in [5, 5.41) is 21.6. The first kappa shape index (κ1) is 35.5. The topological polar surface area (TPSA) is 127 Å². The van der Waals surface area contributed by atoms with E-state index < -0.39 is 9.85 Å². The molecule has 260 valence electrons. The molecule has 0 spiro atoms. The van der Waals surface area contributed by atoms with E-state index in [-0.39, 0.29) is 23.2 Å². The number of nitrogens with zero attached hydrogens (tertiary/aromatic N) is 4. The first-order valence-electron chi connectivity index (χ1n) is 18.5. The number of amides is 2. The fourth-order valence-electron chi connectivity index (χ4n) is 8.45. The molecule has 6 rings (SSSR count). The third-order valence-electron chi connectivity index (χ3n) is 11.0. The molecular weight excluding hydrogens is 608 g/mol. The van der Waals surface area contributed by atoms with Gasteiger partial charge in [-0.25, -0.2) is 0 Å². The summed E-state index contributed by atoms with van der Waals surface area (Å²) in [4.78, 5) is 51.4. The molecule has 0 bridgehead atoms. The summed E-state index contributed by atoms with van der Waals surface area (Å²) in [7, 11) is 0. The first-order chi connectivity index (χ1) is 23.3. The highest BCUT2D eigenvalue weighted by Gasteiger charge is 2.34. The monoisotopic (exact) mass is 660 g/mol. The number of nitro benzene ring substituents is 2. The van der Waals surface area contributed by atoms with E-state index in [0.29, 0.717) is 35.3 Å². The SMILES string of the molecule is O=C(c1ccc([N+](=O)[O-])cc1)N(C1CCCCC1)C1CCCCC1.O=C(c1ccc([N+](=O)[O-])cc1)N(C1CCCCC1)C1CCCCC1. The van der Waals surface area contributed by atoms with Crippen molar-refractivity contribution >= 4 is 23.2 Å². The lowest BCUT2D eigenvalue weighted by atomic mass is 9.88. The number of carbonyl (C=O) groups excluding carboxylic acids is 2. The zero-order valence-electron chi connectivity index (χ0n) is 28.3. The Balaban J connectivity index is 0.000000188. The Bertz CT molecular complexity index is 1220. The Morgan fingerprint density at radius 3 is 0.875 bits per heavy atom. The predicted molar refractivity (Wildman–Crippen MR) is 186 cm³/mol. The fraction of sp³-hybridized carbons (Fsp3) is 0.632. The van der Waals surface area contributed by atoms with E-state index in [1.165, 1.54) is 101 Å². The minimum atomic E-state index is -0.422. The number of rotatable bonds is 8. The highest BCUT2D eigenvalue weighted by atomic mass is 16.6. The third kappa shape index (κ3) is 9.20. The molecule has 0 atom stereocenters. The molecule has 2 aromatic carbocycles. The zero-order valence-corrected chi connectivity index (χ0v) is 28.3. The maximum absolute atomic E-state index is 13.2. The highest BCUT2D eigenvalue weighted by Crippen LogP contribution is 2.33. The molecule has 4 aliphatic carbocycles. The molecule has 0 heterocycles. The van der Waals surface area contributed by atoms with Crippen molar-refractivity contribution in [2.75, 3.05) is 0 Å². The van der Waals surface area contributed by atoms with Gasteiger partial charge in [-0.05, 0) is 75.6 Å². The molecule has 2 amide bonds. The number of non-ortho nitro benzene ring substituents is 2. The second-order valence-electron chi connectivity index (χ2n) is 14.2. The van der Waals surface area contributed by atoms with Crippen LogP contribution in [0, 0.1) is 20.2 Å². The van der Waals surface area contributed by atoms with Crippen LogP contribution in [0.2, 0.25) is 0 Å². The molecule has 10 heteroatoms. The van der Waals surface area contributed by atoms with Gasteiger partial charge in [0.05, 0.1) is 9.85 Å². The van der Waals surface area contributed by atoms with Gasteiger partial charge in [-0.1, -0.05) is 77.0 Å². The lowest BCUT2D eigenvalue weighted by Gasteiger charge is -2.41. The Labute approximate surface area is 284 Å². The Morgan fingerprint density at radius 2 is 0.667 bits per heavy atom. The van der Waals surface area contributed by atoms with E-state index in [0.717, 1.165) is 51.4 Å². The number of hydrogen-bond donors (Lipinski definition) is 0. The van der Waals surface area contributed by atoms with Crippen molar-refractivity contribution in [1.29, 1.82) is 0 Å². The molecule has 4 fully saturated rings. The van der Waals surface area contributed by atoms with Gasteiger partial charge in [0, 0.05) is 59.6 Å². The predicted octanol–water partition coefficient (Wildman–Crippen LogP) is 9.40. The molecule has 0 unspecified atom stereocenters. The Morgan fingerprint density at radius 1 is 0.438 bits per heavy atom. The van der Waals surface area contributed by atoms with Gasteiger partial charge in [0.25, 0.3) is 23.2 Å². The van der Waals surface area contributed by atoms with E-state index in [1.54, 1.807) is 24.3 Å². The number of benzene rings is 2. The van der Waals surface area contributed by atoms with E-state index in [2.05, 4.69) is 9.80 Å². The molecule has 10 nitrogen and oxygen atoms in total. The smallest absolute Gasteiger partial charge is 0.269 e. The maximum Gasteiger partial charge on any atom is 0.269 e. The van der Waals surface area contributed by atoms with E-state index in [4.69, 9.17) is 0 Å². The van der Waals surface area contributed by atoms with Crippen LogP contribution in [-0.4, -0.2) is 55.6 Å². The van der Waals surface area contributed by atoms with Crippen LogP contribution in [0.3, 0.4) is 0 Å². The van der Waals surface area contributed by atoms with Crippen LogP contribution in [0.15, 0.2) is 48.5 Å². The van der Waals surface area contributed by atoms with Crippen molar-refractivity contribution in [2.24, 2.45) is 0 Å². The first-order valence-corrected chi connectivity index (χ1v) is 18.5. The minimum absolute atomic E-state index is 0.0356. The summed E-state index contributed by atoms with van der Waals surface area (Å²) >= 11 is 0. The minimum Gasteiger partial charge on any atom is -0.333 e. The summed E-state index contributed by atoms with van der Waals surface area (Å²) in [5.41, 5.74) is 1.23. The van der Waals surface area contributed by atoms with Crippen LogP contribution in [0.4, 0.5) is 11.4 Å². The van der Waals surface area contributed by atoms with Crippen LogP contribution in [0.1, 0.15) is 149 Å². The van der Waals surface area contributed by atoms with Gasteiger partial charge in [-0.3, -0.25) is 29.8 Å². The van der Waals surface area contributed by atoms with Crippen molar-refractivity contribution in [3.63, 3.8) is 0 Å². The average molecular weight is 661 g/mol. The largest absolute Gasteiger partial charge is 0.333 e. The zero-order chi connectivity index (χ0) is 33.9. The molecule has 0 radical (unpaired) electrons. The van der Waals surface area contributed by atoms with Gasteiger partial charge in [0.2, 0.25) is 0 Å². The van der Waals surface area contributed by atoms with Gasteiger partial charge in [0.15, 0.2) is 0 Å². The lowest BCUT2D eigenvalue weighted by Crippen LogP contribution is -2.48. The van der Waals surface area contributed by atoms with Crippen molar-refractivity contribution in [2.45, 2.75) is 153 Å². The van der Waals surface area contributed by atoms with Gasteiger partial charge < -0.3 is 9.80 Å². The number of nitro groups is 2. The van der Waals surface area contributed by atoms with Crippen LogP contribution < -0.4 is 0 Å². The summed E-state index contributed by atoms with van der Waals surface area (Å²) in [6, 6.07) is 13.5. The van der Waals surface area contributed by atoms with Gasteiger partial charge in [-0.15, -0.1) is 0 Å². The molecule has 0 aromatic heterocycles. The van der Waals surface area contributed by atoms with Gasteiger partial charge >= 0.3 is 0 Å². The van der Waals surface area contributed by atoms with Crippen molar-refractivity contribution in [1.82, 2.24) is 9.80 Å². The molecule has 48 heavy (non-hydrogen) atoms. The van der Waals surface area contributed by atoms with Crippen molar-refractivity contribution < 1.29 is 19.4 Å². The van der Waals surface area contributed by atoms with Crippen LogP contribution >= 0.6 is 0 Å². The molecule has 0 N–H and O–H groups in total. The standard InChI is InChI=1S/2C19H26N2O3/c2*22-19(15-11-13-18(14-12-15)21(23)24)20(16-7-3-1-4-8-16)17-9-5-2-6-10-17/h2*11-14,16-17H,1-10H2. The quantitative estimate of drug-likeness (QED) is 0.205. The van der Waals surface area contributed by atoms with Crippen LogP contribution in [-0.2, 0) is 0 Å². The van der Waals surface area contributed by atoms with Gasteiger partial charge in [0.1, 0.15) is 0 Å². The molecule has 2 aromatic rings. The van der Waals surface area contributed by atoms with E-state index in [1.807, 2.05) is 0 Å². The van der Waals surface area contributed by atoms with E-state index >= 15 is 0 Å². The fourth-order valence-corrected chi connectivity index (χ4v) is 8.45. The van der Waals surface area contributed by atoms with Crippen LogP contribution in [0.25, 0.3) is 0 Å². The Hall–Kier alpha value is -3.82. The molecular formula is C38H52N4O6. The lowest BCUT2D eigenvalue weighted by molar-refractivity contribution is -0.385. The highest BCUT2D eigenvalue weighted by molar-refractivity contribution is 5.95. The average Bonchev–Trinajstić information content (AvgIpc) is 3.14. The van der Waals surface area contributed by atoms with Crippen molar-refractivity contribution in [3.8, 4) is 0 Å². The second-order valence-corrected chi connectivity index (χ2v) is 14.2. The second kappa shape index (κ2) is 17.5. The summed E-state index contributed by atoms with van der Waals surface area (Å²) in [5.74, 6) is 0.118. The maximum atomic E-state index is 13.2. The Kier molecular flexibility index (Phi) is 13.0. The summed E-state index contributed by atoms with van der Waals surface area (Å²) in [6.45, 7) is 0. The number of hydrogen-bond acceptors (Lipinski definition) is 6. The third-order valence-corrected chi connectivity index (χ3v) is 11.0. The van der Waals surface area contributed by atoms with Crippen molar-refractivity contribution in [3.05, 3.63) is 79.9 Å². The van der Waals surface area contributed by atoms with Crippen LogP contribution in [0.5, 0.6) is 0 Å². The molecule has 0 aliphatic heterocycles. The normalized spacial score (nSPS) is 19.8. The van der Waals surface area contributed by atoms with Gasteiger partial charge in [-0.2, -0.15) is 0 Å². The summed E-state index contributed by atoms with van der Waals surface area (Å²) in [6.07, 6.45) is 23.4.